The number of likely N-dealkylation sites (tertiary alicyclic amines) is 1. The molecule has 30 heavy (non-hydrogen) atoms. The van der Waals surface area contributed by atoms with Gasteiger partial charge in [-0.15, -0.1) is 0 Å². The van der Waals surface area contributed by atoms with Crippen LogP contribution in [0.25, 0.3) is 0 Å². The van der Waals surface area contributed by atoms with Crippen molar-refractivity contribution in [3.8, 4) is 0 Å². The highest BCUT2D eigenvalue weighted by Crippen LogP contribution is 2.44. The Hall–Kier alpha value is -2.76. The molecule has 2 aliphatic heterocycles. The van der Waals surface area contributed by atoms with E-state index in [1.54, 1.807) is 0 Å². The van der Waals surface area contributed by atoms with E-state index in [9.17, 15) is 9.59 Å². The van der Waals surface area contributed by atoms with E-state index >= 15 is 0 Å². The monoisotopic (exact) mass is 404 g/mol. The van der Waals surface area contributed by atoms with Crippen LogP contribution in [0.3, 0.4) is 0 Å². The fourth-order valence-electron chi connectivity index (χ4n) is 5.31. The summed E-state index contributed by atoms with van der Waals surface area (Å²) in [6.45, 7) is 7.52. The number of aromatic nitrogens is 2. The van der Waals surface area contributed by atoms with Gasteiger partial charge >= 0.3 is 0 Å². The Kier molecular flexibility index (Phi) is 4.42. The molecule has 6 heteroatoms. The highest BCUT2D eigenvalue weighted by molar-refractivity contribution is 5.99. The summed E-state index contributed by atoms with van der Waals surface area (Å²) in [7, 11) is 0. The summed E-state index contributed by atoms with van der Waals surface area (Å²) in [6, 6.07) is 6.07. The molecule has 1 aromatic heterocycles. The minimum atomic E-state index is -0.0367. The van der Waals surface area contributed by atoms with Crippen LogP contribution in [0.2, 0.25) is 0 Å². The van der Waals surface area contributed by atoms with Gasteiger partial charge in [-0.1, -0.05) is 6.07 Å². The first-order valence-electron chi connectivity index (χ1n) is 10.9. The Balaban J connectivity index is 1.30. The normalized spacial score (nSPS) is 19.8. The van der Waals surface area contributed by atoms with Crippen molar-refractivity contribution in [2.24, 2.45) is 10.4 Å². The van der Waals surface area contributed by atoms with Gasteiger partial charge in [0.05, 0.1) is 11.9 Å². The first-order chi connectivity index (χ1) is 14.3. The van der Waals surface area contributed by atoms with Crippen molar-refractivity contribution in [2.45, 2.75) is 58.9 Å². The molecule has 1 aliphatic carbocycles. The highest BCUT2D eigenvalue weighted by atomic mass is 16.2. The molecule has 0 bridgehead atoms. The molecule has 5 rings (SSSR count). The lowest BCUT2D eigenvalue weighted by molar-refractivity contribution is 0.0517. The van der Waals surface area contributed by atoms with E-state index in [1.807, 2.05) is 40.9 Å². The average Bonchev–Trinajstić information content (AvgIpc) is 3.30. The van der Waals surface area contributed by atoms with Crippen LogP contribution in [0.5, 0.6) is 0 Å². The zero-order chi connectivity index (χ0) is 21.0. The van der Waals surface area contributed by atoms with Crippen molar-refractivity contribution in [1.29, 1.82) is 0 Å². The molecule has 3 heterocycles. The van der Waals surface area contributed by atoms with Crippen LogP contribution in [-0.2, 0) is 12.8 Å². The number of carbonyl (C=O) groups is 2. The first kappa shape index (κ1) is 19.2. The van der Waals surface area contributed by atoms with Crippen LogP contribution in [-0.4, -0.2) is 45.2 Å². The molecule has 2 aromatic rings. The summed E-state index contributed by atoms with van der Waals surface area (Å²) in [6.07, 6.45) is 5.92. The number of aliphatic imine (C=N–C) groups is 1. The number of carbonyl (C=O) groups excluding carboxylic acids is 2. The third-order valence-electron chi connectivity index (χ3n) is 6.93. The van der Waals surface area contributed by atoms with Gasteiger partial charge in [0.25, 0.3) is 5.91 Å². The lowest BCUT2D eigenvalue weighted by Crippen LogP contribution is -2.46. The van der Waals surface area contributed by atoms with Crippen LogP contribution in [0, 0.1) is 5.41 Å². The predicted octanol–water partition coefficient (Wildman–Crippen LogP) is 4.16. The van der Waals surface area contributed by atoms with Crippen LogP contribution in [0.1, 0.15) is 78.0 Å². The minimum absolute atomic E-state index is 0.0367. The molecule has 1 amide bonds. The van der Waals surface area contributed by atoms with Crippen molar-refractivity contribution in [3.05, 3.63) is 46.8 Å². The Morgan fingerprint density at radius 2 is 1.90 bits per heavy atom. The number of rotatable bonds is 2. The molecule has 1 fully saturated rings. The number of benzene rings is 1. The third kappa shape index (κ3) is 3.09. The highest BCUT2D eigenvalue weighted by Gasteiger charge is 2.43. The van der Waals surface area contributed by atoms with E-state index in [-0.39, 0.29) is 23.1 Å². The maximum atomic E-state index is 13.1. The van der Waals surface area contributed by atoms with Gasteiger partial charge in [0.15, 0.2) is 5.78 Å². The number of Topliss-reactive ketones (excluding diaryl/α,β-unsaturated/α-hetero) is 1. The van der Waals surface area contributed by atoms with Gasteiger partial charge in [0.2, 0.25) is 0 Å². The van der Waals surface area contributed by atoms with Crippen molar-refractivity contribution in [1.82, 2.24) is 14.7 Å². The lowest BCUT2D eigenvalue weighted by atomic mass is 9.67. The molecule has 1 aromatic carbocycles. The second kappa shape index (κ2) is 6.89. The topological polar surface area (TPSA) is 67.6 Å². The van der Waals surface area contributed by atoms with Crippen LogP contribution >= 0.6 is 0 Å². The van der Waals surface area contributed by atoms with Crippen LogP contribution < -0.4 is 0 Å². The maximum absolute atomic E-state index is 13.1. The summed E-state index contributed by atoms with van der Waals surface area (Å²) in [5.74, 6) is 0.275. The number of hydrogen-bond acceptors (Lipinski definition) is 4. The number of nitrogens with zero attached hydrogens (tertiary/aromatic N) is 4. The van der Waals surface area contributed by atoms with Crippen molar-refractivity contribution in [2.75, 3.05) is 13.1 Å². The molecule has 1 spiro atoms. The van der Waals surface area contributed by atoms with Crippen molar-refractivity contribution < 1.29 is 9.59 Å². The summed E-state index contributed by atoms with van der Waals surface area (Å²) >= 11 is 0. The summed E-state index contributed by atoms with van der Waals surface area (Å²) < 4.78 is 1.86. The molecular formula is C24H28N4O2. The minimum Gasteiger partial charge on any atom is -0.339 e. The molecule has 0 saturated carbocycles. The van der Waals surface area contributed by atoms with Gasteiger partial charge < -0.3 is 4.90 Å². The Bertz CT molecular complexity index is 1070. The van der Waals surface area contributed by atoms with E-state index < -0.39 is 0 Å². The SMILES string of the molecule is CC1=Nc2cc(C(=O)N3CCC4(CC3)CC(=O)c3c(cnn3C(C)C)C4)ccc2C1. The van der Waals surface area contributed by atoms with E-state index in [2.05, 4.69) is 23.9 Å². The van der Waals surface area contributed by atoms with Gasteiger partial charge in [0.1, 0.15) is 5.69 Å². The molecular weight excluding hydrogens is 376 g/mol. The van der Waals surface area contributed by atoms with Crippen LogP contribution in [0.4, 0.5) is 5.69 Å². The van der Waals surface area contributed by atoms with E-state index in [1.165, 1.54) is 5.56 Å². The predicted molar refractivity (Wildman–Crippen MR) is 116 cm³/mol. The summed E-state index contributed by atoms with van der Waals surface area (Å²) in [5, 5.41) is 4.46. The summed E-state index contributed by atoms with van der Waals surface area (Å²) in [5.41, 5.74) is 5.76. The molecule has 1 saturated heterocycles. The van der Waals surface area contributed by atoms with E-state index in [0.717, 1.165) is 48.3 Å². The fraction of sp³-hybridized carbons (Fsp3) is 0.500. The maximum Gasteiger partial charge on any atom is 0.253 e. The molecule has 156 valence electrons. The molecule has 0 atom stereocenters. The first-order valence-corrected chi connectivity index (χ1v) is 10.9. The second-order valence-corrected chi connectivity index (χ2v) is 9.49. The lowest BCUT2D eigenvalue weighted by Gasteiger charge is -2.43. The number of amides is 1. The zero-order valence-corrected chi connectivity index (χ0v) is 17.9. The fourth-order valence-corrected chi connectivity index (χ4v) is 5.31. The number of hydrogen-bond donors (Lipinski definition) is 0. The number of ketones is 1. The smallest absolute Gasteiger partial charge is 0.253 e. The Morgan fingerprint density at radius 1 is 1.13 bits per heavy atom. The average molecular weight is 405 g/mol. The Labute approximate surface area is 177 Å². The zero-order valence-electron chi connectivity index (χ0n) is 17.9. The van der Waals surface area contributed by atoms with Gasteiger partial charge in [0, 0.05) is 48.8 Å². The molecule has 0 radical (unpaired) electrons. The second-order valence-electron chi connectivity index (χ2n) is 9.49. The van der Waals surface area contributed by atoms with Gasteiger partial charge in [-0.3, -0.25) is 19.3 Å². The van der Waals surface area contributed by atoms with E-state index in [0.29, 0.717) is 25.1 Å². The third-order valence-corrected chi connectivity index (χ3v) is 6.93. The standard InChI is InChI=1S/C24H28N4O2/c1-15(2)28-22-19(14-25-28)12-24(13-21(22)29)6-8-27(9-7-24)23(30)18-5-4-17-10-16(3)26-20(17)11-18/h4-5,11,14-15H,6-10,12-13H2,1-3H3. The molecule has 0 N–H and O–H groups in total. The van der Waals surface area contributed by atoms with Gasteiger partial charge in [-0.05, 0) is 63.1 Å². The molecule has 3 aliphatic rings. The Morgan fingerprint density at radius 3 is 2.63 bits per heavy atom. The summed E-state index contributed by atoms with van der Waals surface area (Å²) in [4.78, 5) is 32.5. The van der Waals surface area contributed by atoms with Crippen LogP contribution in [0.15, 0.2) is 29.4 Å². The van der Waals surface area contributed by atoms with Crippen molar-refractivity contribution >= 4 is 23.1 Å². The molecule has 6 nitrogen and oxygen atoms in total. The number of fused-ring (bicyclic) bond motifs is 2. The van der Waals surface area contributed by atoms with Crippen molar-refractivity contribution in [3.63, 3.8) is 0 Å². The van der Waals surface area contributed by atoms with Gasteiger partial charge in [-0.25, -0.2) is 0 Å². The molecule has 0 unspecified atom stereocenters. The largest absolute Gasteiger partial charge is 0.339 e. The number of piperidine rings is 1. The van der Waals surface area contributed by atoms with Gasteiger partial charge in [-0.2, -0.15) is 5.10 Å². The van der Waals surface area contributed by atoms with E-state index in [4.69, 9.17) is 0 Å². The quantitative estimate of drug-likeness (QED) is 0.755.